The molecule has 120 valence electrons. The van der Waals surface area contributed by atoms with Crippen molar-refractivity contribution >= 4 is 17.4 Å². The van der Waals surface area contributed by atoms with E-state index < -0.39 is 0 Å². The average molecular weight is 309 g/mol. The van der Waals surface area contributed by atoms with E-state index in [-0.39, 0.29) is 6.03 Å². The molecule has 23 heavy (non-hydrogen) atoms. The average Bonchev–Trinajstić information content (AvgIpc) is 2.58. The molecule has 0 atom stereocenters. The molecule has 1 aliphatic heterocycles. The lowest BCUT2D eigenvalue weighted by molar-refractivity contribution is 0.208. The fraction of sp³-hybridized carbons (Fsp3) is 0.316. The normalized spacial score (nSPS) is 14.7. The third-order valence-electron chi connectivity index (χ3n) is 4.31. The molecule has 0 radical (unpaired) electrons. The third-order valence-corrected chi connectivity index (χ3v) is 4.31. The SMILES string of the molecule is Cc1ccc(NC(=O)N2CCN(c3ccccc3)CC2)c(C)c1. The molecule has 4 heteroatoms. The highest BCUT2D eigenvalue weighted by atomic mass is 16.2. The van der Waals surface area contributed by atoms with Gasteiger partial charge in [-0.3, -0.25) is 0 Å². The van der Waals surface area contributed by atoms with Crippen LogP contribution in [0.15, 0.2) is 48.5 Å². The Morgan fingerprint density at radius 3 is 2.30 bits per heavy atom. The Hall–Kier alpha value is -2.49. The highest BCUT2D eigenvalue weighted by Crippen LogP contribution is 2.18. The summed E-state index contributed by atoms with van der Waals surface area (Å²) in [6.07, 6.45) is 0. The zero-order valence-corrected chi connectivity index (χ0v) is 13.7. The Morgan fingerprint density at radius 1 is 0.957 bits per heavy atom. The zero-order chi connectivity index (χ0) is 16.2. The van der Waals surface area contributed by atoms with E-state index in [0.717, 1.165) is 37.4 Å². The molecule has 0 aliphatic carbocycles. The number of nitrogens with one attached hydrogen (secondary N) is 1. The largest absolute Gasteiger partial charge is 0.368 e. The molecule has 1 heterocycles. The minimum Gasteiger partial charge on any atom is -0.368 e. The molecule has 1 aliphatic rings. The summed E-state index contributed by atoms with van der Waals surface area (Å²) >= 11 is 0. The van der Waals surface area contributed by atoms with Crippen LogP contribution in [0.2, 0.25) is 0 Å². The molecule has 0 unspecified atom stereocenters. The van der Waals surface area contributed by atoms with E-state index in [1.165, 1.54) is 11.3 Å². The number of aryl methyl sites for hydroxylation is 2. The van der Waals surface area contributed by atoms with Crippen LogP contribution in [0, 0.1) is 13.8 Å². The Labute approximate surface area is 137 Å². The van der Waals surface area contributed by atoms with Gasteiger partial charge in [-0.25, -0.2) is 4.79 Å². The summed E-state index contributed by atoms with van der Waals surface area (Å²) in [6.45, 7) is 7.29. The molecule has 0 aromatic heterocycles. The first-order chi connectivity index (χ1) is 11.1. The van der Waals surface area contributed by atoms with Gasteiger partial charge in [0.1, 0.15) is 0 Å². The molecule has 0 saturated carbocycles. The number of amides is 2. The maximum Gasteiger partial charge on any atom is 0.321 e. The van der Waals surface area contributed by atoms with Crippen molar-refractivity contribution in [3.63, 3.8) is 0 Å². The summed E-state index contributed by atoms with van der Waals surface area (Å²) in [5.74, 6) is 0. The van der Waals surface area contributed by atoms with Gasteiger partial charge in [-0.05, 0) is 37.6 Å². The quantitative estimate of drug-likeness (QED) is 0.919. The number of hydrogen-bond donors (Lipinski definition) is 1. The molecule has 3 rings (SSSR count). The van der Waals surface area contributed by atoms with Crippen LogP contribution < -0.4 is 10.2 Å². The number of rotatable bonds is 2. The van der Waals surface area contributed by atoms with Crippen molar-refractivity contribution in [2.45, 2.75) is 13.8 Å². The van der Waals surface area contributed by atoms with Crippen molar-refractivity contribution < 1.29 is 4.79 Å². The van der Waals surface area contributed by atoms with Gasteiger partial charge in [0.25, 0.3) is 0 Å². The van der Waals surface area contributed by atoms with Gasteiger partial charge in [0.05, 0.1) is 0 Å². The molecular weight excluding hydrogens is 286 g/mol. The van der Waals surface area contributed by atoms with E-state index in [1.807, 2.05) is 30.0 Å². The van der Waals surface area contributed by atoms with E-state index in [1.54, 1.807) is 0 Å². The number of hydrogen-bond acceptors (Lipinski definition) is 2. The summed E-state index contributed by atoms with van der Waals surface area (Å²) < 4.78 is 0. The number of piperazine rings is 1. The smallest absolute Gasteiger partial charge is 0.321 e. The van der Waals surface area contributed by atoms with Crippen LogP contribution in [0.4, 0.5) is 16.2 Å². The van der Waals surface area contributed by atoms with Crippen LogP contribution in [0.5, 0.6) is 0 Å². The topological polar surface area (TPSA) is 35.6 Å². The summed E-state index contributed by atoms with van der Waals surface area (Å²) in [7, 11) is 0. The van der Waals surface area contributed by atoms with Crippen molar-refractivity contribution in [2.24, 2.45) is 0 Å². The van der Waals surface area contributed by atoms with E-state index in [4.69, 9.17) is 0 Å². The summed E-state index contributed by atoms with van der Waals surface area (Å²) in [6, 6.07) is 16.4. The van der Waals surface area contributed by atoms with Crippen LogP contribution >= 0.6 is 0 Å². The molecular formula is C19H23N3O. The highest BCUT2D eigenvalue weighted by Gasteiger charge is 2.21. The van der Waals surface area contributed by atoms with Crippen molar-refractivity contribution in [3.05, 3.63) is 59.7 Å². The Kier molecular flexibility index (Phi) is 4.51. The predicted octanol–water partition coefficient (Wildman–Crippen LogP) is 3.66. The second-order valence-electron chi connectivity index (χ2n) is 6.06. The minimum absolute atomic E-state index is 0.00957. The molecule has 1 fully saturated rings. The van der Waals surface area contributed by atoms with Crippen molar-refractivity contribution in [1.82, 2.24) is 4.90 Å². The van der Waals surface area contributed by atoms with Crippen LogP contribution in [-0.2, 0) is 0 Å². The minimum atomic E-state index is -0.00957. The van der Waals surface area contributed by atoms with Gasteiger partial charge in [-0.1, -0.05) is 35.9 Å². The molecule has 2 amide bonds. The first-order valence-corrected chi connectivity index (χ1v) is 8.06. The fourth-order valence-electron chi connectivity index (χ4n) is 2.95. The van der Waals surface area contributed by atoms with Crippen molar-refractivity contribution in [3.8, 4) is 0 Å². The molecule has 2 aromatic carbocycles. The number of benzene rings is 2. The highest BCUT2D eigenvalue weighted by molar-refractivity contribution is 5.90. The van der Waals surface area contributed by atoms with Gasteiger partial charge in [-0.15, -0.1) is 0 Å². The number of urea groups is 1. The maximum absolute atomic E-state index is 12.4. The Bertz CT molecular complexity index is 676. The van der Waals surface area contributed by atoms with E-state index in [2.05, 4.69) is 47.5 Å². The first-order valence-electron chi connectivity index (χ1n) is 8.06. The van der Waals surface area contributed by atoms with Crippen LogP contribution in [0.3, 0.4) is 0 Å². The van der Waals surface area contributed by atoms with E-state index >= 15 is 0 Å². The van der Waals surface area contributed by atoms with Gasteiger partial charge in [0.15, 0.2) is 0 Å². The molecule has 1 saturated heterocycles. The van der Waals surface area contributed by atoms with Crippen molar-refractivity contribution in [2.75, 3.05) is 36.4 Å². The second-order valence-corrected chi connectivity index (χ2v) is 6.06. The van der Waals surface area contributed by atoms with E-state index in [9.17, 15) is 4.79 Å². The van der Waals surface area contributed by atoms with Crippen LogP contribution in [0.25, 0.3) is 0 Å². The summed E-state index contributed by atoms with van der Waals surface area (Å²) in [4.78, 5) is 16.7. The van der Waals surface area contributed by atoms with Gasteiger partial charge in [-0.2, -0.15) is 0 Å². The molecule has 0 bridgehead atoms. The summed E-state index contributed by atoms with van der Waals surface area (Å²) in [5, 5.41) is 3.03. The number of anilines is 2. The molecule has 2 aromatic rings. The summed E-state index contributed by atoms with van der Waals surface area (Å²) in [5.41, 5.74) is 4.42. The number of carbonyl (C=O) groups is 1. The van der Waals surface area contributed by atoms with Crippen molar-refractivity contribution in [1.29, 1.82) is 0 Å². The standard InChI is InChI=1S/C19H23N3O/c1-15-8-9-18(16(2)14-15)20-19(23)22-12-10-21(11-13-22)17-6-4-3-5-7-17/h3-9,14H,10-13H2,1-2H3,(H,20,23). The molecule has 0 spiro atoms. The Balaban J connectivity index is 1.58. The lowest BCUT2D eigenvalue weighted by Gasteiger charge is -2.36. The van der Waals surface area contributed by atoms with Gasteiger partial charge >= 0.3 is 6.03 Å². The van der Waals surface area contributed by atoms with E-state index in [0.29, 0.717) is 0 Å². The predicted molar refractivity (Wildman–Crippen MR) is 95.2 cm³/mol. The van der Waals surface area contributed by atoms with Gasteiger partial charge in [0, 0.05) is 37.6 Å². The second kappa shape index (κ2) is 6.73. The first kappa shape index (κ1) is 15.4. The molecule has 1 N–H and O–H groups in total. The van der Waals surface area contributed by atoms with Crippen LogP contribution in [-0.4, -0.2) is 37.1 Å². The number of nitrogens with zero attached hydrogens (tertiary/aromatic N) is 2. The van der Waals surface area contributed by atoms with Crippen LogP contribution in [0.1, 0.15) is 11.1 Å². The Morgan fingerprint density at radius 2 is 1.65 bits per heavy atom. The number of carbonyl (C=O) groups excluding carboxylic acids is 1. The maximum atomic E-state index is 12.4. The monoisotopic (exact) mass is 309 g/mol. The zero-order valence-electron chi connectivity index (χ0n) is 13.7. The van der Waals surface area contributed by atoms with Gasteiger partial charge in [0.2, 0.25) is 0 Å². The lowest BCUT2D eigenvalue weighted by atomic mass is 10.1. The third kappa shape index (κ3) is 3.65. The fourth-order valence-corrected chi connectivity index (χ4v) is 2.95. The van der Waals surface area contributed by atoms with Gasteiger partial charge < -0.3 is 15.1 Å². The lowest BCUT2D eigenvalue weighted by Crippen LogP contribution is -2.50. The molecule has 4 nitrogen and oxygen atoms in total. The number of para-hydroxylation sites is 1.